The maximum absolute atomic E-state index is 12.3. The summed E-state index contributed by atoms with van der Waals surface area (Å²) in [5.41, 5.74) is 5.50. The first-order valence-corrected chi connectivity index (χ1v) is 9.15. The fourth-order valence-electron chi connectivity index (χ4n) is 3.01. The van der Waals surface area contributed by atoms with Crippen LogP contribution in [0.3, 0.4) is 0 Å². The lowest BCUT2D eigenvalue weighted by Gasteiger charge is -2.10. The quantitative estimate of drug-likeness (QED) is 0.544. The van der Waals surface area contributed by atoms with Crippen molar-refractivity contribution in [2.45, 2.75) is 13.5 Å². The number of imidazole rings is 1. The van der Waals surface area contributed by atoms with Crippen LogP contribution in [0.25, 0.3) is 16.9 Å². The number of ether oxygens (including phenoxy) is 1. The Hall–Kier alpha value is -3.44. The first-order valence-electron chi connectivity index (χ1n) is 9.15. The molecule has 2 heterocycles. The van der Waals surface area contributed by atoms with E-state index in [4.69, 9.17) is 4.74 Å². The predicted octanol–water partition coefficient (Wildman–Crippen LogP) is 4.47. The molecule has 0 saturated heterocycles. The fraction of sp³-hybridized carbons (Fsp3) is 0.130. The molecular weight excluding hydrogens is 350 g/mol. The van der Waals surface area contributed by atoms with Gasteiger partial charge in [0.2, 0.25) is 5.91 Å². The molecule has 0 aliphatic rings. The summed E-state index contributed by atoms with van der Waals surface area (Å²) in [7, 11) is 0. The molecule has 2 aromatic carbocycles. The Morgan fingerprint density at radius 3 is 2.71 bits per heavy atom. The molecule has 0 aliphatic carbocycles. The molecule has 28 heavy (non-hydrogen) atoms. The Kier molecular flexibility index (Phi) is 5.17. The molecule has 140 valence electrons. The van der Waals surface area contributed by atoms with Crippen molar-refractivity contribution < 1.29 is 9.53 Å². The molecule has 0 unspecified atom stereocenters. The lowest BCUT2D eigenvalue weighted by molar-refractivity contribution is -0.121. The van der Waals surface area contributed by atoms with E-state index in [2.05, 4.69) is 10.3 Å². The Morgan fingerprint density at radius 2 is 1.89 bits per heavy atom. The van der Waals surface area contributed by atoms with E-state index >= 15 is 0 Å². The highest BCUT2D eigenvalue weighted by atomic mass is 16.5. The summed E-state index contributed by atoms with van der Waals surface area (Å²) in [6, 6.07) is 21.6. The van der Waals surface area contributed by atoms with Gasteiger partial charge in [0.15, 0.2) is 0 Å². The highest BCUT2D eigenvalue weighted by molar-refractivity contribution is 5.93. The Morgan fingerprint density at radius 1 is 1.07 bits per heavy atom. The van der Waals surface area contributed by atoms with Crippen LogP contribution in [0.5, 0.6) is 0 Å². The van der Waals surface area contributed by atoms with E-state index in [0.29, 0.717) is 6.61 Å². The van der Waals surface area contributed by atoms with Gasteiger partial charge in [0, 0.05) is 23.6 Å². The average Bonchev–Trinajstić information content (AvgIpc) is 3.15. The number of aryl methyl sites for hydroxylation is 1. The van der Waals surface area contributed by atoms with Gasteiger partial charge in [-0.2, -0.15) is 0 Å². The Bertz CT molecular complexity index is 1070. The zero-order valence-electron chi connectivity index (χ0n) is 15.6. The molecule has 0 aliphatic heterocycles. The number of rotatable bonds is 6. The second-order valence-corrected chi connectivity index (χ2v) is 6.65. The molecule has 1 N–H and O–H groups in total. The second kappa shape index (κ2) is 8.06. The highest BCUT2D eigenvalue weighted by Crippen LogP contribution is 2.25. The van der Waals surface area contributed by atoms with Crippen LogP contribution in [0.1, 0.15) is 11.1 Å². The van der Waals surface area contributed by atoms with Gasteiger partial charge >= 0.3 is 0 Å². The van der Waals surface area contributed by atoms with E-state index in [1.807, 2.05) is 90.4 Å². The number of nitrogens with one attached hydrogen (secondary N) is 1. The van der Waals surface area contributed by atoms with E-state index in [9.17, 15) is 4.79 Å². The van der Waals surface area contributed by atoms with E-state index in [1.54, 1.807) is 0 Å². The third-order valence-corrected chi connectivity index (χ3v) is 4.52. The van der Waals surface area contributed by atoms with Gasteiger partial charge in [-0.05, 0) is 36.2 Å². The number of amides is 1. The van der Waals surface area contributed by atoms with Crippen molar-refractivity contribution in [2.75, 3.05) is 11.9 Å². The number of anilines is 1. The number of hydrogen-bond donors (Lipinski definition) is 1. The number of hydrogen-bond acceptors (Lipinski definition) is 3. The molecule has 0 saturated carbocycles. The minimum Gasteiger partial charge on any atom is -0.367 e. The van der Waals surface area contributed by atoms with Gasteiger partial charge in [0.05, 0.1) is 12.3 Å². The summed E-state index contributed by atoms with van der Waals surface area (Å²) >= 11 is 0. The number of nitrogens with zero attached hydrogens (tertiary/aromatic N) is 2. The first kappa shape index (κ1) is 17.9. The van der Waals surface area contributed by atoms with Crippen LogP contribution >= 0.6 is 0 Å². The molecular formula is C23H21N3O2. The smallest absolute Gasteiger partial charge is 0.250 e. The monoisotopic (exact) mass is 371 g/mol. The second-order valence-electron chi connectivity index (χ2n) is 6.65. The van der Waals surface area contributed by atoms with Crippen molar-refractivity contribution >= 4 is 17.2 Å². The molecule has 2 aromatic heterocycles. The standard InChI is InChI=1S/C23H21N3O2/c1-17-10-11-19(21-14-26-12-6-5-9-22(26)24-21)13-20(17)25-23(27)16-28-15-18-7-3-2-4-8-18/h2-14H,15-16H2,1H3,(H,25,27). The van der Waals surface area contributed by atoms with Gasteiger partial charge in [0.25, 0.3) is 0 Å². The topological polar surface area (TPSA) is 55.6 Å². The molecule has 0 fully saturated rings. The van der Waals surface area contributed by atoms with Crippen molar-refractivity contribution in [2.24, 2.45) is 0 Å². The zero-order valence-corrected chi connectivity index (χ0v) is 15.6. The number of carbonyl (C=O) groups is 1. The highest BCUT2D eigenvalue weighted by Gasteiger charge is 2.09. The normalized spacial score (nSPS) is 10.9. The van der Waals surface area contributed by atoms with Crippen molar-refractivity contribution in [1.29, 1.82) is 0 Å². The average molecular weight is 371 g/mol. The predicted molar refractivity (Wildman–Crippen MR) is 110 cm³/mol. The molecule has 1 amide bonds. The minimum absolute atomic E-state index is 0.00687. The number of carbonyl (C=O) groups excluding carboxylic acids is 1. The van der Waals surface area contributed by atoms with Gasteiger partial charge in [0.1, 0.15) is 12.3 Å². The number of benzene rings is 2. The minimum atomic E-state index is -0.175. The van der Waals surface area contributed by atoms with Crippen LogP contribution in [0.4, 0.5) is 5.69 Å². The molecule has 4 rings (SSSR count). The summed E-state index contributed by atoms with van der Waals surface area (Å²) in [6.45, 7) is 2.38. The summed E-state index contributed by atoms with van der Waals surface area (Å²) in [5.74, 6) is -0.175. The summed E-state index contributed by atoms with van der Waals surface area (Å²) < 4.78 is 7.50. The maximum atomic E-state index is 12.3. The lowest BCUT2D eigenvalue weighted by atomic mass is 10.1. The van der Waals surface area contributed by atoms with Crippen LogP contribution in [-0.2, 0) is 16.1 Å². The molecule has 5 nitrogen and oxygen atoms in total. The largest absolute Gasteiger partial charge is 0.367 e. The van der Waals surface area contributed by atoms with E-state index < -0.39 is 0 Å². The third kappa shape index (κ3) is 4.10. The van der Waals surface area contributed by atoms with E-state index in [0.717, 1.165) is 33.7 Å². The van der Waals surface area contributed by atoms with E-state index in [-0.39, 0.29) is 12.5 Å². The van der Waals surface area contributed by atoms with Crippen molar-refractivity contribution in [1.82, 2.24) is 9.38 Å². The Balaban J connectivity index is 1.44. The third-order valence-electron chi connectivity index (χ3n) is 4.52. The van der Waals surface area contributed by atoms with Gasteiger partial charge in [-0.15, -0.1) is 0 Å². The Labute approximate surface area is 163 Å². The van der Waals surface area contributed by atoms with Gasteiger partial charge in [-0.25, -0.2) is 4.98 Å². The lowest BCUT2D eigenvalue weighted by Crippen LogP contribution is -2.18. The molecule has 0 bridgehead atoms. The van der Waals surface area contributed by atoms with Crippen LogP contribution in [-0.4, -0.2) is 21.9 Å². The van der Waals surface area contributed by atoms with Crippen molar-refractivity contribution in [3.8, 4) is 11.3 Å². The number of fused-ring (bicyclic) bond motifs is 1. The van der Waals surface area contributed by atoms with Crippen molar-refractivity contribution in [3.63, 3.8) is 0 Å². The van der Waals surface area contributed by atoms with Gasteiger partial charge in [-0.3, -0.25) is 4.79 Å². The zero-order chi connectivity index (χ0) is 19.3. The van der Waals surface area contributed by atoms with E-state index in [1.165, 1.54) is 0 Å². The molecule has 4 aromatic rings. The molecule has 0 atom stereocenters. The first-order chi connectivity index (χ1) is 13.7. The summed E-state index contributed by atoms with van der Waals surface area (Å²) in [4.78, 5) is 16.9. The van der Waals surface area contributed by atoms with Gasteiger partial charge < -0.3 is 14.5 Å². The van der Waals surface area contributed by atoms with Crippen molar-refractivity contribution in [3.05, 3.63) is 90.3 Å². The van der Waals surface area contributed by atoms with Crippen LogP contribution < -0.4 is 5.32 Å². The SMILES string of the molecule is Cc1ccc(-c2cn3ccccc3n2)cc1NC(=O)COCc1ccccc1. The van der Waals surface area contributed by atoms with Crippen LogP contribution in [0.15, 0.2) is 79.1 Å². The van der Waals surface area contributed by atoms with Crippen LogP contribution in [0, 0.1) is 6.92 Å². The summed E-state index contributed by atoms with van der Waals surface area (Å²) in [6.07, 6.45) is 3.95. The number of pyridine rings is 1. The molecule has 0 spiro atoms. The summed E-state index contributed by atoms with van der Waals surface area (Å²) in [5, 5.41) is 2.94. The van der Waals surface area contributed by atoms with Gasteiger partial charge in [-0.1, -0.05) is 48.5 Å². The van der Waals surface area contributed by atoms with Crippen LogP contribution in [0.2, 0.25) is 0 Å². The fourth-order valence-corrected chi connectivity index (χ4v) is 3.01. The molecule has 0 radical (unpaired) electrons. The molecule has 5 heteroatoms. The maximum Gasteiger partial charge on any atom is 0.250 e. The number of aromatic nitrogens is 2.